The topological polar surface area (TPSA) is 75.4 Å². The van der Waals surface area contributed by atoms with Crippen molar-refractivity contribution in [3.05, 3.63) is 41.1 Å². The fourth-order valence-corrected chi connectivity index (χ4v) is 3.20. The summed E-state index contributed by atoms with van der Waals surface area (Å²) in [6.07, 6.45) is 5.04. The van der Waals surface area contributed by atoms with Crippen molar-refractivity contribution in [3.8, 4) is 0 Å². The standard InChI is InChI=1S/C17H23N5O2/c1-11-16(24-10-19-11)17(23)22-7-5-6-14(22)15-13(9-21(3)4)8-18-12(2)20-15/h8,10,14H,5-7,9H2,1-4H3/t14-/m1/s1. The van der Waals surface area contributed by atoms with Gasteiger partial charge in [-0.3, -0.25) is 4.79 Å². The van der Waals surface area contributed by atoms with Gasteiger partial charge in [0.2, 0.25) is 5.76 Å². The van der Waals surface area contributed by atoms with Crippen LogP contribution in [-0.4, -0.2) is 51.3 Å². The predicted molar refractivity (Wildman–Crippen MR) is 88.4 cm³/mol. The third-order valence-corrected chi connectivity index (χ3v) is 4.27. The molecule has 1 fully saturated rings. The Labute approximate surface area is 141 Å². The van der Waals surface area contributed by atoms with Crippen molar-refractivity contribution in [1.29, 1.82) is 0 Å². The van der Waals surface area contributed by atoms with E-state index in [0.29, 0.717) is 18.0 Å². The Kier molecular flexibility index (Phi) is 4.62. The fraction of sp³-hybridized carbons (Fsp3) is 0.529. The summed E-state index contributed by atoms with van der Waals surface area (Å²) in [4.78, 5) is 29.8. The fourth-order valence-electron chi connectivity index (χ4n) is 3.20. The Hall–Kier alpha value is -2.28. The van der Waals surface area contributed by atoms with Gasteiger partial charge in [0, 0.05) is 24.8 Å². The van der Waals surface area contributed by atoms with Crippen LogP contribution in [0.4, 0.5) is 0 Å². The molecule has 7 heteroatoms. The van der Waals surface area contributed by atoms with Crippen LogP contribution in [0.15, 0.2) is 17.0 Å². The van der Waals surface area contributed by atoms with Crippen molar-refractivity contribution < 1.29 is 9.21 Å². The molecule has 7 nitrogen and oxygen atoms in total. The Balaban J connectivity index is 1.95. The lowest BCUT2D eigenvalue weighted by atomic mass is 10.1. The lowest BCUT2D eigenvalue weighted by Gasteiger charge is -2.26. The number of hydrogen-bond donors (Lipinski definition) is 0. The van der Waals surface area contributed by atoms with Gasteiger partial charge in [0.25, 0.3) is 5.91 Å². The minimum atomic E-state index is -0.112. The molecule has 0 bridgehead atoms. The molecule has 0 unspecified atom stereocenters. The van der Waals surface area contributed by atoms with Crippen LogP contribution >= 0.6 is 0 Å². The zero-order valence-electron chi connectivity index (χ0n) is 14.6. The smallest absolute Gasteiger partial charge is 0.292 e. The summed E-state index contributed by atoms with van der Waals surface area (Å²) in [6, 6.07) is -0.0429. The summed E-state index contributed by atoms with van der Waals surface area (Å²) in [7, 11) is 4.03. The summed E-state index contributed by atoms with van der Waals surface area (Å²) in [5.74, 6) is 0.934. The molecule has 0 aliphatic carbocycles. The molecule has 2 aromatic rings. The number of carbonyl (C=O) groups excluding carboxylic acids is 1. The highest BCUT2D eigenvalue weighted by molar-refractivity contribution is 5.92. The first-order valence-corrected chi connectivity index (χ1v) is 8.15. The van der Waals surface area contributed by atoms with Crippen molar-refractivity contribution in [2.75, 3.05) is 20.6 Å². The van der Waals surface area contributed by atoms with Crippen LogP contribution in [0, 0.1) is 13.8 Å². The Bertz CT molecular complexity index is 740. The molecule has 0 radical (unpaired) electrons. The molecule has 1 amide bonds. The van der Waals surface area contributed by atoms with E-state index in [1.807, 2.05) is 32.1 Å². The maximum atomic E-state index is 12.9. The second-order valence-corrected chi connectivity index (χ2v) is 6.49. The Morgan fingerprint density at radius 3 is 2.83 bits per heavy atom. The largest absolute Gasteiger partial charge is 0.438 e. The average Bonchev–Trinajstić information content (AvgIpc) is 3.16. The molecule has 1 saturated heterocycles. The normalized spacial score (nSPS) is 17.7. The third-order valence-electron chi connectivity index (χ3n) is 4.27. The van der Waals surface area contributed by atoms with Gasteiger partial charge in [-0.2, -0.15) is 0 Å². The zero-order valence-corrected chi connectivity index (χ0v) is 14.6. The van der Waals surface area contributed by atoms with Gasteiger partial charge in [0.05, 0.1) is 17.4 Å². The second kappa shape index (κ2) is 6.68. The Morgan fingerprint density at radius 2 is 2.17 bits per heavy atom. The van der Waals surface area contributed by atoms with E-state index in [2.05, 4.69) is 19.9 Å². The van der Waals surface area contributed by atoms with E-state index in [9.17, 15) is 4.79 Å². The van der Waals surface area contributed by atoms with Gasteiger partial charge in [0.1, 0.15) is 5.82 Å². The predicted octanol–water partition coefficient (Wildman–Crippen LogP) is 2.12. The molecule has 2 aromatic heterocycles. The van der Waals surface area contributed by atoms with Crippen molar-refractivity contribution in [3.63, 3.8) is 0 Å². The van der Waals surface area contributed by atoms with Crippen LogP contribution in [0.5, 0.6) is 0 Å². The van der Waals surface area contributed by atoms with Crippen molar-refractivity contribution >= 4 is 5.91 Å². The number of likely N-dealkylation sites (tertiary alicyclic amines) is 1. The number of nitrogens with zero attached hydrogens (tertiary/aromatic N) is 5. The number of oxazole rings is 1. The number of aromatic nitrogens is 3. The first-order chi connectivity index (χ1) is 11.5. The van der Waals surface area contributed by atoms with Gasteiger partial charge in [-0.1, -0.05) is 0 Å². The summed E-state index contributed by atoms with van der Waals surface area (Å²) >= 11 is 0. The third kappa shape index (κ3) is 3.17. The molecule has 1 aliphatic rings. The van der Waals surface area contributed by atoms with Crippen LogP contribution in [0.1, 0.15) is 52.2 Å². The number of amides is 1. The van der Waals surface area contributed by atoms with Gasteiger partial charge in [0.15, 0.2) is 6.39 Å². The van der Waals surface area contributed by atoms with Crippen molar-refractivity contribution in [2.24, 2.45) is 0 Å². The van der Waals surface area contributed by atoms with Gasteiger partial charge >= 0.3 is 0 Å². The summed E-state index contributed by atoms with van der Waals surface area (Å²) in [5.41, 5.74) is 2.63. The quantitative estimate of drug-likeness (QED) is 0.855. The van der Waals surface area contributed by atoms with Crippen molar-refractivity contribution in [1.82, 2.24) is 24.8 Å². The summed E-state index contributed by atoms with van der Waals surface area (Å²) < 4.78 is 5.30. The molecule has 0 aromatic carbocycles. The minimum absolute atomic E-state index is 0.0429. The zero-order chi connectivity index (χ0) is 17.3. The lowest BCUT2D eigenvalue weighted by molar-refractivity contribution is 0.0698. The van der Waals surface area contributed by atoms with E-state index in [1.165, 1.54) is 6.39 Å². The molecule has 3 rings (SSSR count). The van der Waals surface area contributed by atoms with Gasteiger partial charge < -0.3 is 14.2 Å². The van der Waals surface area contributed by atoms with Crippen LogP contribution in [0.3, 0.4) is 0 Å². The molecular formula is C17H23N5O2. The molecule has 0 saturated carbocycles. The van der Waals surface area contributed by atoms with E-state index < -0.39 is 0 Å². The molecule has 0 spiro atoms. The Morgan fingerprint density at radius 1 is 1.38 bits per heavy atom. The van der Waals surface area contributed by atoms with Crippen LogP contribution in [-0.2, 0) is 6.54 Å². The van der Waals surface area contributed by atoms with Crippen LogP contribution in [0.2, 0.25) is 0 Å². The molecule has 128 valence electrons. The number of aryl methyl sites for hydroxylation is 2. The highest BCUT2D eigenvalue weighted by atomic mass is 16.3. The highest BCUT2D eigenvalue weighted by Crippen LogP contribution is 2.34. The molecule has 0 N–H and O–H groups in total. The van der Waals surface area contributed by atoms with Gasteiger partial charge in [-0.05, 0) is 40.8 Å². The van der Waals surface area contributed by atoms with E-state index >= 15 is 0 Å². The lowest BCUT2D eigenvalue weighted by Crippen LogP contribution is -2.32. The maximum Gasteiger partial charge on any atom is 0.292 e. The molecule has 1 atom stereocenters. The van der Waals surface area contributed by atoms with Gasteiger partial charge in [-0.25, -0.2) is 15.0 Å². The first kappa shape index (κ1) is 16.6. The van der Waals surface area contributed by atoms with Crippen molar-refractivity contribution in [2.45, 2.75) is 39.3 Å². The minimum Gasteiger partial charge on any atom is -0.438 e. The monoisotopic (exact) mass is 329 g/mol. The highest BCUT2D eigenvalue weighted by Gasteiger charge is 2.35. The molecule has 24 heavy (non-hydrogen) atoms. The number of rotatable bonds is 4. The van der Waals surface area contributed by atoms with Crippen LogP contribution in [0.25, 0.3) is 0 Å². The molecule has 1 aliphatic heterocycles. The first-order valence-electron chi connectivity index (χ1n) is 8.15. The van der Waals surface area contributed by atoms with E-state index in [1.54, 1.807) is 6.92 Å². The van der Waals surface area contributed by atoms with E-state index in [0.717, 1.165) is 36.5 Å². The van der Waals surface area contributed by atoms with E-state index in [-0.39, 0.29) is 11.9 Å². The van der Waals surface area contributed by atoms with Crippen LogP contribution < -0.4 is 0 Å². The number of hydrogen-bond acceptors (Lipinski definition) is 6. The SMILES string of the molecule is Cc1ncc(CN(C)C)c([C@H]2CCCN2C(=O)c2ocnc2C)n1. The average molecular weight is 329 g/mol. The maximum absolute atomic E-state index is 12.9. The molecular weight excluding hydrogens is 306 g/mol. The summed E-state index contributed by atoms with van der Waals surface area (Å²) in [6.45, 7) is 5.11. The van der Waals surface area contributed by atoms with Gasteiger partial charge in [-0.15, -0.1) is 0 Å². The summed E-state index contributed by atoms with van der Waals surface area (Å²) in [5, 5.41) is 0. The number of carbonyl (C=O) groups is 1. The van der Waals surface area contributed by atoms with E-state index in [4.69, 9.17) is 4.42 Å². The molecule has 3 heterocycles. The second-order valence-electron chi connectivity index (χ2n) is 6.49.